The summed E-state index contributed by atoms with van der Waals surface area (Å²) < 4.78 is 110. The highest BCUT2D eigenvalue weighted by atomic mass is 32.2. The predicted octanol–water partition coefficient (Wildman–Crippen LogP) is 3.71. The van der Waals surface area contributed by atoms with Crippen LogP contribution in [0.2, 0.25) is 0 Å². The molecule has 0 amide bonds. The lowest BCUT2D eigenvalue weighted by molar-refractivity contribution is -0.154. The third-order valence-electron chi connectivity index (χ3n) is 1.63. The Labute approximate surface area is 108 Å². The van der Waals surface area contributed by atoms with Crippen LogP contribution < -0.4 is 5.73 Å². The average Bonchev–Trinajstić information content (AvgIpc) is 2.15. The molecule has 13 heteroatoms. The Bertz CT molecular complexity index is 504. The van der Waals surface area contributed by atoms with Gasteiger partial charge in [-0.05, 0) is 11.8 Å². The molecule has 0 saturated heterocycles. The zero-order valence-corrected chi connectivity index (χ0v) is 9.60. The summed E-state index contributed by atoms with van der Waals surface area (Å²) >= 11 is -1.34. The molecular weight excluding hydrogens is 329 g/mol. The van der Waals surface area contributed by atoms with Gasteiger partial charge in [0.25, 0.3) is 0 Å². The van der Waals surface area contributed by atoms with Gasteiger partial charge in [0.15, 0.2) is 5.69 Å². The Morgan fingerprint density at radius 3 is 1.65 bits per heavy atom. The molecule has 0 aromatic carbocycles. The smallest absolute Gasteiger partial charge is 0.383 e. The van der Waals surface area contributed by atoms with E-state index in [1.807, 2.05) is 0 Å². The van der Waals surface area contributed by atoms with Crippen LogP contribution in [-0.4, -0.2) is 15.5 Å². The Hall–Kier alpha value is -1.40. The lowest BCUT2D eigenvalue weighted by Gasteiger charge is -2.16. The Morgan fingerprint density at radius 2 is 1.30 bits per heavy atom. The Kier molecular flexibility index (Phi) is 4.04. The van der Waals surface area contributed by atoms with Gasteiger partial charge in [0.1, 0.15) is 5.82 Å². The number of anilines is 1. The number of thioether (sulfide) groups is 1. The number of alkyl halides is 9. The van der Waals surface area contributed by atoms with E-state index in [4.69, 9.17) is 5.73 Å². The van der Waals surface area contributed by atoms with E-state index in [1.165, 1.54) is 0 Å². The molecule has 20 heavy (non-hydrogen) atoms. The molecule has 0 bridgehead atoms. The zero-order chi connectivity index (χ0) is 15.9. The maximum atomic E-state index is 12.5. The molecule has 1 heterocycles. The summed E-state index contributed by atoms with van der Waals surface area (Å²) in [7, 11) is 0. The van der Waals surface area contributed by atoms with Crippen molar-refractivity contribution >= 4 is 17.6 Å². The second-order valence-corrected chi connectivity index (χ2v) is 4.23. The quantitative estimate of drug-likeness (QED) is 0.630. The molecule has 114 valence electrons. The number of nitrogen functional groups attached to an aromatic ring is 1. The highest BCUT2D eigenvalue weighted by Crippen LogP contribution is 2.45. The number of hydrogen-bond donors (Lipinski definition) is 1. The van der Waals surface area contributed by atoms with Crippen LogP contribution in [0.5, 0.6) is 0 Å². The van der Waals surface area contributed by atoms with Crippen LogP contribution in [0.25, 0.3) is 0 Å². The molecule has 2 N–H and O–H groups in total. The third kappa shape index (κ3) is 4.05. The Balaban J connectivity index is 3.52. The summed E-state index contributed by atoms with van der Waals surface area (Å²) in [6.45, 7) is 0. The first-order chi connectivity index (χ1) is 8.72. The maximum Gasteiger partial charge on any atom is 0.451 e. The number of aromatic nitrogens is 2. The van der Waals surface area contributed by atoms with Crippen molar-refractivity contribution < 1.29 is 39.5 Å². The van der Waals surface area contributed by atoms with Gasteiger partial charge in [-0.3, -0.25) is 0 Å². The zero-order valence-electron chi connectivity index (χ0n) is 8.78. The van der Waals surface area contributed by atoms with Gasteiger partial charge in [-0.15, -0.1) is 0 Å². The van der Waals surface area contributed by atoms with Gasteiger partial charge in [0.2, 0.25) is 5.82 Å². The number of halogens is 9. The van der Waals surface area contributed by atoms with Gasteiger partial charge < -0.3 is 5.73 Å². The van der Waals surface area contributed by atoms with Crippen molar-refractivity contribution in [2.24, 2.45) is 0 Å². The first kappa shape index (κ1) is 16.7. The second kappa shape index (κ2) is 4.86. The van der Waals surface area contributed by atoms with Crippen molar-refractivity contribution in [3.05, 3.63) is 11.5 Å². The largest absolute Gasteiger partial charge is 0.451 e. The second-order valence-electron chi connectivity index (χ2n) is 3.15. The summed E-state index contributed by atoms with van der Waals surface area (Å²) in [5, 5.41) is 0. The van der Waals surface area contributed by atoms with Crippen LogP contribution in [0.3, 0.4) is 0 Å². The highest BCUT2D eigenvalue weighted by Gasteiger charge is 2.45. The van der Waals surface area contributed by atoms with Crippen LogP contribution in [0, 0.1) is 0 Å². The number of nitrogens with two attached hydrogens (primary N) is 1. The van der Waals surface area contributed by atoms with E-state index in [9.17, 15) is 39.5 Å². The van der Waals surface area contributed by atoms with Crippen molar-refractivity contribution in [1.29, 1.82) is 0 Å². The van der Waals surface area contributed by atoms with Crippen LogP contribution in [0.15, 0.2) is 4.90 Å². The summed E-state index contributed by atoms with van der Waals surface area (Å²) in [5.74, 6) is -3.82. The van der Waals surface area contributed by atoms with Crippen molar-refractivity contribution in [3.8, 4) is 0 Å². The highest BCUT2D eigenvalue weighted by molar-refractivity contribution is 8.00. The molecule has 1 aromatic heterocycles. The van der Waals surface area contributed by atoms with E-state index >= 15 is 0 Å². The van der Waals surface area contributed by atoms with E-state index in [0.717, 1.165) is 0 Å². The average molecular weight is 331 g/mol. The normalized spacial score (nSPS) is 13.7. The summed E-state index contributed by atoms with van der Waals surface area (Å²) in [5.41, 5.74) is -2.84. The van der Waals surface area contributed by atoms with Gasteiger partial charge in [0.05, 0.1) is 4.90 Å². The van der Waals surface area contributed by atoms with Crippen LogP contribution in [0.4, 0.5) is 45.3 Å². The van der Waals surface area contributed by atoms with Crippen LogP contribution in [0.1, 0.15) is 11.5 Å². The molecule has 0 aliphatic carbocycles. The number of hydrogen-bond acceptors (Lipinski definition) is 4. The van der Waals surface area contributed by atoms with E-state index < -0.39 is 51.9 Å². The molecule has 0 fully saturated rings. The summed E-state index contributed by atoms with van der Waals surface area (Å²) in [6.07, 6.45) is -10.9. The maximum absolute atomic E-state index is 12.5. The third-order valence-corrected chi connectivity index (χ3v) is 2.47. The SMILES string of the molecule is Nc1nc(C(F)(F)F)nc(C(F)(F)F)c1SC(F)(F)F. The molecule has 0 radical (unpaired) electrons. The Morgan fingerprint density at radius 1 is 0.800 bits per heavy atom. The predicted molar refractivity (Wildman–Crippen MR) is 48.4 cm³/mol. The minimum Gasteiger partial charge on any atom is -0.383 e. The minimum absolute atomic E-state index is 1.34. The first-order valence-electron chi connectivity index (χ1n) is 4.29. The molecule has 0 spiro atoms. The van der Waals surface area contributed by atoms with Crippen LogP contribution >= 0.6 is 11.8 Å². The lowest BCUT2D eigenvalue weighted by Crippen LogP contribution is -2.20. The lowest BCUT2D eigenvalue weighted by atomic mass is 10.3. The van der Waals surface area contributed by atoms with Gasteiger partial charge in [0, 0.05) is 0 Å². The van der Waals surface area contributed by atoms with E-state index in [2.05, 4.69) is 9.97 Å². The molecule has 0 unspecified atom stereocenters. The summed E-state index contributed by atoms with van der Waals surface area (Å²) in [4.78, 5) is 2.80. The monoisotopic (exact) mass is 331 g/mol. The fourth-order valence-corrected chi connectivity index (χ4v) is 1.64. The standard InChI is InChI=1S/C7H2F9N3S/c8-5(9,10)2-1(20-7(14,15)16)3(17)19-4(18-2)6(11,12)13/h(H2,17,18,19). The van der Waals surface area contributed by atoms with Crippen molar-refractivity contribution in [2.45, 2.75) is 22.8 Å². The van der Waals surface area contributed by atoms with Crippen molar-refractivity contribution in [1.82, 2.24) is 9.97 Å². The van der Waals surface area contributed by atoms with Crippen molar-refractivity contribution in [3.63, 3.8) is 0 Å². The fourth-order valence-electron chi connectivity index (χ4n) is 1.00. The molecule has 1 rings (SSSR count). The molecule has 3 nitrogen and oxygen atoms in total. The molecule has 1 aromatic rings. The number of rotatable bonds is 1. The fraction of sp³-hybridized carbons (Fsp3) is 0.429. The summed E-state index contributed by atoms with van der Waals surface area (Å²) in [6, 6.07) is 0. The van der Waals surface area contributed by atoms with E-state index in [1.54, 1.807) is 0 Å². The van der Waals surface area contributed by atoms with Crippen molar-refractivity contribution in [2.75, 3.05) is 5.73 Å². The first-order valence-corrected chi connectivity index (χ1v) is 5.11. The van der Waals surface area contributed by atoms with E-state index in [-0.39, 0.29) is 0 Å². The van der Waals surface area contributed by atoms with Gasteiger partial charge in [-0.25, -0.2) is 9.97 Å². The topological polar surface area (TPSA) is 51.8 Å². The molecule has 0 aliphatic heterocycles. The number of nitrogens with zero attached hydrogens (tertiary/aromatic N) is 2. The van der Waals surface area contributed by atoms with Gasteiger partial charge in [-0.1, -0.05) is 0 Å². The van der Waals surface area contributed by atoms with E-state index in [0.29, 0.717) is 0 Å². The molecule has 0 aliphatic rings. The molecular formula is C7H2F9N3S. The minimum atomic E-state index is -5.55. The molecule has 0 saturated carbocycles. The van der Waals surface area contributed by atoms with Crippen LogP contribution in [-0.2, 0) is 12.4 Å². The molecule has 0 atom stereocenters. The van der Waals surface area contributed by atoms with Gasteiger partial charge >= 0.3 is 17.9 Å². The van der Waals surface area contributed by atoms with Gasteiger partial charge in [-0.2, -0.15) is 39.5 Å².